The van der Waals surface area contributed by atoms with Crippen LogP contribution in [0, 0.1) is 23.7 Å². The number of carbonyl (C=O) groups excluding carboxylic acids is 3. The summed E-state index contributed by atoms with van der Waals surface area (Å²) >= 11 is 0. The van der Waals surface area contributed by atoms with E-state index in [1.165, 1.54) is 20.3 Å². The molecular weight excluding hydrogens is 684 g/mol. The van der Waals surface area contributed by atoms with Crippen LogP contribution in [0.2, 0.25) is 0 Å². The van der Waals surface area contributed by atoms with E-state index in [9.17, 15) is 24.6 Å². The van der Waals surface area contributed by atoms with Crippen LogP contribution in [0.15, 0.2) is 24.0 Å². The Morgan fingerprint density at radius 2 is 1.58 bits per heavy atom. The molecule has 0 saturated carbocycles. The SMILES string of the molecule is COC1[C@H](OCC2C3OC3=CCC(=O)[C@H](C)CC(C)[C@H](OC3OC(C)C[C@@]4(OC(=O)O[C@@H]4C)[C@H]3O)C(C)C=CC(=O)O[C@@H]2C)O[C@H](C)C(O)[C@H]1OC. The van der Waals surface area contributed by atoms with Gasteiger partial charge in [-0.05, 0) is 46.1 Å². The van der Waals surface area contributed by atoms with Crippen LogP contribution in [0.5, 0.6) is 0 Å². The van der Waals surface area contributed by atoms with Gasteiger partial charge in [-0.1, -0.05) is 26.8 Å². The number of methoxy groups -OCH3 is 2. The summed E-state index contributed by atoms with van der Waals surface area (Å²) in [5.74, 6) is -1.45. The minimum atomic E-state index is -1.36. The molecule has 294 valence electrons. The maximum Gasteiger partial charge on any atom is 0.509 e. The number of allylic oxidation sites excluding steroid dienone is 1. The van der Waals surface area contributed by atoms with E-state index in [-0.39, 0.29) is 37.1 Å². The fourth-order valence-electron chi connectivity index (χ4n) is 7.97. The first-order valence-corrected chi connectivity index (χ1v) is 18.3. The number of cyclic esters (lactones) is 2. The molecular formula is C37H56O15. The number of carbonyl (C=O) groups is 3. The molecule has 0 radical (unpaired) electrons. The minimum Gasteiger partial charge on any atom is -0.483 e. The molecule has 5 heterocycles. The molecule has 5 rings (SSSR count). The lowest BCUT2D eigenvalue weighted by Gasteiger charge is -2.46. The summed E-state index contributed by atoms with van der Waals surface area (Å²) in [5.41, 5.74) is -1.35. The molecule has 17 atom stereocenters. The van der Waals surface area contributed by atoms with Gasteiger partial charge in [0.2, 0.25) is 0 Å². The standard InChI is InChI=1S/C37H56O15/c1-17-10-13-27(39)47-21(5)24(16-45-34-32(44-9)31(43-8)28(40)22(6)48-34)30-26(50-30)12-11-25(38)18(2)14-19(3)29(17)51-35-33(41)37(15-20(4)46-35)23(7)49-36(42)52-37/h10,12-13,17-24,28-35,40-41H,11,14-16H2,1-9H3/t17?,18-,19?,20?,21-,22-,23-,24?,28?,29-,30?,31-,32?,33+,34-,35?,37+/m1/s1. The zero-order valence-electron chi connectivity index (χ0n) is 31.5. The first-order valence-electron chi connectivity index (χ1n) is 18.3. The number of rotatable bonds is 7. The molecule has 4 saturated heterocycles. The second-order valence-electron chi connectivity index (χ2n) is 15.0. The molecule has 0 aromatic rings. The lowest BCUT2D eigenvalue weighted by atomic mass is 9.82. The first kappa shape index (κ1) is 40.6. The van der Waals surface area contributed by atoms with Crippen LogP contribution in [0.3, 0.4) is 0 Å². The van der Waals surface area contributed by atoms with Crippen molar-refractivity contribution in [2.75, 3.05) is 20.8 Å². The molecule has 15 heteroatoms. The van der Waals surface area contributed by atoms with Gasteiger partial charge in [0.25, 0.3) is 0 Å². The van der Waals surface area contributed by atoms with Gasteiger partial charge in [-0.3, -0.25) is 4.79 Å². The molecule has 52 heavy (non-hydrogen) atoms. The third-order valence-corrected chi connectivity index (χ3v) is 11.2. The third-order valence-electron chi connectivity index (χ3n) is 11.2. The Labute approximate surface area is 305 Å². The van der Waals surface area contributed by atoms with Crippen molar-refractivity contribution in [1.82, 2.24) is 0 Å². The molecule has 0 aliphatic carbocycles. The van der Waals surface area contributed by atoms with Gasteiger partial charge in [0.15, 0.2) is 24.3 Å². The van der Waals surface area contributed by atoms with Gasteiger partial charge in [0.1, 0.15) is 48.2 Å². The van der Waals surface area contributed by atoms with E-state index in [0.717, 1.165) is 0 Å². The van der Waals surface area contributed by atoms with Gasteiger partial charge >= 0.3 is 12.1 Å². The normalized spacial score (nSPS) is 46.1. The molecule has 1 spiro atoms. The van der Waals surface area contributed by atoms with Crippen molar-refractivity contribution >= 4 is 17.9 Å². The van der Waals surface area contributed by atoms with Crippen molar-refractivity contribution in [3.63, 3.8) is 0 Å². The molecule has 0 amide bonds. The van der Waals surface area contributed by atoms with Crippen LogP contribution in [0.1, 0.15) is 67.7 Å². The molecule has 0 aromatic heterocycles. The fraction of sp³-hybridized carbons (Fsp3) is 0.811. The number of Topliss-reactive ketones (excluding diaryl/α,β-unsaturated/α-hetero) is 1. The number of aliphatic hydroxyl groups is 2. The lowest BCUT2D eigenvalue weighted by molar-refractivity contribution is -0.308. The van der Waals surface area contributed by atoms with Crippen LogP contribution in [0.25, 0.3) is 0 Å². The van der Waals surface area contributed by atoms with E-state index >= 15 is 0 Å². The van der Waals surface area contributed by atoms with Gasteiger partial charge in [0, 0.05) is 45.0 Å². The van der Waals surface area contributed by atoms with Gasteiger partial charge in [-0.25, -0.2) is 9.59 Å². The van der Waals surface area contributed by atoms with Gasteiger partial charge in [-0.2, -0.15) is 0 Å². The number of ether oxygens (including phenoxy) is 10. The molecule has 0 bridgehead atoms. The summed E-state index contributed by atoms with van der Waals surface area (Å²) in [7, 11) is 2.96. The van der Waals surface area contributed by atoms with Crippen molar-refractivity contribution in [1.29, 1.82) is 0 Å². The Hall–Kier alpha value is -2.63. The van der Waals surface area contributed by atoms with Crippen molar-refractivity contribution < 1.29 is 72.0 Å². The molecule has 2 N–H and O–H groups in total. The Morgan fingerprint density at radius 3 is 2.23 bits per heavy atom. The van der Waals surface area contributed by atoms with Crippen LogP contribution in [-0.4, -0.2) is 128 Å². The van der Waals surface area contributed by atoms with Crippen LogP contribution < -0.4 is 0 Å². The Balaban J connectivity index is 1.34. The maximum absolute atomic E-state index is 13.4. The number of esters is 1. The quantitative estimate of drug-likeness (QED) is 0.286. The van der Waals surface area contributed by atoms with E-state index < -0.39 is 103 Å². The van der Waals surface area contributed by atoms with E-state index in [4.69, 9.17) is 47.4 Å². The van der Waals surface area contributed by atoms with E-state index in [0.29, 0.717) is 12.2 Å². The lowest BCUT2D eigenvalue weighted by Crippen LogP contribution is -2.62. The molecule has 4 fully saturated rings. The highest BCUT2D eigenvalue weighted by Crippen LogP contribution is 2.43. The number of hydrogen-bond acceptors (Lipinski definition) is 15. The Bertz CT molecular complexity index is 1340. The van der Waals surface area contributed by atoms with E-state index in [1.807, 2.05) is 20.8 Å². The largest absolute Gasteiger partial charge is 0.509 e. The highest BCUT2D eigenvalue weighted by atomic mass is 16.8. The average Bonchev–Trinajstić information content (AvgIpc) is 3.79. The predicted molar refractivity (Wildman–Crippen MR) is 180 cm³/mol. The maximum atomic E-state index is 13.4. The predicted octanol–water partition coefficient (Wildman–Crippen LogP) is 2.97. The van der Waals surface area contributed by atoms with Gasteiger partial charge < -0.3 is 57.6 Å². The zero-order valence-corrected chi connectivity index (χ0v) is 31.5. The monoisotopic (exact) mass is 740 g/mol. The number of fused-ring (bicyclic) bond motifs is 1. The smallest absolute Gasteiger partial charge is 0.483 e. The van der Waals surface area contributed by atoms with E-state index in [1.54, 1.807) is 39.8 Å². The highest BCUT2D eigenvalue weighted by molar-refractivity contribution is 5.82. The number of ketones is 1. The van der Waals surface area contributed by atoms with Crippen molar-refractivity contribution in [3.8, 4) is 0 Å². The Morgan fingerprint density at radius 1 is 0.865 bits per heavy atom. The minimum absolute atomic E-state index is 0.0111. The zero-order chi connectivity index (χ0) is 38.1. The summed E-state index contributed by atoms with van der Waals surface area (Å²) in [6.07, 6.45) is -4.60. The van der Waals surface area contributed by atoms with Crippen LogP contribution in [-0.2, 0) is 57.0 Å². The van der Waals surface area contributed by atoms with Gasteiger partial charge in [-0.15, -0.1) is 0 Å². The summed E-state index contributed by atoms with van der Waals surface area (Å²) in [4.78, 5) is 38.7. The summed E-state index contributed by atoms with van der Waals surface area (Å²) < 4.78 is 58.3. The molecule has 0 aromatic carbocycles. The summed E-state index contributed by atoms with van der Waals surface area (Å²) in [6.45, 7) is 12.6. The first-order chi connectivity index (χ1) is 24.6. The molecule has 8 unspecified atom stereocenters. The highest BCUT2D eigenvalue weighted by Gasteiger charge is 2.61. The van der Waals surface area contributed by atoms with E-state index in [2.05, 4.69) is 0 Å². The summed E-state index contributed by atoms with van der Waals surface area (Å²) in [6, 6.07) is 0. The second kappa shape index (κ2) is 16.8. The third kappa shape index (κ3) is 8.67. The number of epoxide rings is 1. The number of hydrogen-bond donors (Lipinski definition) is 2. The summed E-state index contributed by atoms with van der Waals surface area (Å²) in [5, 5.41) is 22.0. The second-order valence-corrected chi connectivity index (χ2v) is 15.0. The molecule has 15 nitrogen and oxygen atoms in total. The number of aliphatic hydroxyl groups excluding tert-OH is 2. The fourth-order valence-corrected chi connectivity index (χ4v) is 7.97. The Kier molecular flexibility index (Phi) is 13.1. The van der Waals surface area contributed by atoms with Gasteiger partial charge in [0.05, 0.1) is 30.8 Å². The molecule has 5 aliphatic heterocycles. The van der Waals surface area contributed by atoms with Crippen LogP contribution >= 0.6 is 0 Å². The molecule has 5 aliphatic rings. The average molecular weight is 741 g/mol. The van der Waals surface area contributed by atoms with Crippen molar-refractivity contribution in [3.05, 3.63) is 24.0 Å². The van der Waals surface area contributed by atoms with Crippen LogP contribution in [0.4, 0.5) is 4.79 Å². The van der Waals surface area contributed by atoms with Crippen molar-refractivity contribution in [2.45, 2.75) is 147 Å². The topological polar surface area (TPSA) is 187 Å². The van der Waals surface area contributed by atoms with Crippen molar-refractivity contribution in [2.24, 2.45) is 23.7 Å².